The lowest BCUT2D eigenvalue weighted by atomic mass is 10.1. The number of nitrogens with one attached hydrogen (secondary N) is 1. The maximum absolute atomic E-state index is 13.3. The van der Waals surface area contributed by atoms with Crippen LogP contribution in [0.25, 0.3) is 5.69 Å². The lowest BCUT2D eigenvalue weighted by Crippen LogP contribution is -2.34. The normalized spacial score (nSPS) is 14.8. The molecule has 0 bridgehead atoms. The maximum Gasteiger partial charge on any atom is 0.418 e. The van der Waals surface area contributed by atoms with Crippen LogP contribution in [0.5, 0.6) is 0 Å². The summed E-state index contributed by atoms with van der Waals surface area (Å²) in [6, 6.07) is 6.47. The maximum atomic E-state index is 13.3. The van der Waals surface area contributed by atoms with Crippen LogP contribution in [0.2, 0.25) is 0 Å². The lowest BCUT2D eigenvalue weighted by Gasteiger charge is -2.16. The first-order valence-corrected chi connectivity index (χ1v) is 8.80. The van der Waals surface area contributed by atoms with E-state index in [0.717, 1.165) is 10.7 Å². The number of para-hydroxylation sites is 1. The van der Waals surface area contributed by atoms with Crippen LogP contribution >= 0.6 is 11.8 Å². The van der Waals surface area contributed by atoms with Gasteiger partial charge in [-0.25, -0.2) is 4.68 Å². The molecule has 1 saturated heterocycles. The van der Waals surface area contributed by atoms with Gasteiger partial charge in [-0.1, -0.05) is 12.1 Å². The fourth-order valence-corrected chi connectivity index (χ4v) is 3.47. The highest BCUT2D eigenvalue weighted by Crippen LogP contribution is 2.34. The van der Waals surface area contributed by atoms with Gasteiger partial charge < -0.3 is 10.2 Å². The van der Waals surface area contributed by atoms with Crippen molar-refractivity contribution >= 4 is 29.4 Å². The third kappa shape index (κ3) is 3.85. The Hall–Kier alpha value is -2.49. The zero-order chi connectivity index (χ0) is 18.9. The largest absolute Gasteiger partial charge is 0.418 e. The molecule has 1 aliphatic heterocycles. The summed E-state index contributed by atoms with van der Waals surface area (Å²) >= 11 is 1.40. The van der Waals surface area contributed by atoms with E-state index in [1.165, 1.54) is 40.9 Å². The molecule has 0 radical (unpaired) electrons. The Kier molecular flexibility index (Phi) is 4.94. The molecule has 6 nitrogen and oxygen atoms in total. The van der Waals surface area contributed by atoms with E-state index in [-0.39, 0.29) is 24.0 Å². The molecule has 0 unspecified atom stereocenters. The Morgan fingerprint density at radius 2 is 2.08 bits per heavy atom. The fourth-order valence-electron chi connectivity index (χ4n) is 2.57. The molecular formula is C16H15F3N4O2S. The molecule has 138 valence electrons. The van der Waals surface area contributed by atoms with Gasteiger partial charge in [0.25, 0.3) is 0 Å². The van der Waals surface area contributed by atoms with Gasteiger partial charge in [-0.2, -0.15) is 18.3 Å². The molecule has 1 aliphatic rings. The van der Waals surface area contributed by atoms with Gasteiger partial charge in [0.2, 0.25) is 11.8 Å². The van der Waals surface area contributed by atoms with Crippen molar-refractivity contribution in [1.29, 1.82) is 0 Å². The van der Waals surface area contributed by atoms with Crippen LogP contribution in [0.4, 0.5) is 19.0 Å². The number of hydrogen-bond acceptors (Lipinski definition) is 4. The minimum atomic E-state index is -4.56. The van der Waals surface area contributed by atoms with Crippen LogP contribution in [0.1, 0.15) is 11.3 Å². The molecule has 0 spiro atoms. The zero-order valence-electron chi connectivity index (χ0n) is 13.7. The van der Waals surface area contributed by atoms with E-state index < -0.39 is 17.6 Å². The predicted molar refractivity (Wildman–Crippen MR) is 91.0 cm³/mol. The predicted octanol–water partition coefficient (Wildman–Crippen LogP) is 2.67. The Balaban J connectivity index is 1.88. The molecule has 3 rings (SSSR count). The van der Waals surface area contributed by atoms with E-state index in [1.807, 2.05) is 0 Å². The minimum absolute atomic E-state index is 0.114. The summed E-state index contributed by atoms with van der Waals surface area (Å²) in [4.78, 5) is 25.2. The molecule has 1 N–H and O–H groups in total. The van der Waals surface area contributed by atoms with Crippen molar-refractivity contribution in [1.82, 2.24) is 14.7 Å². The molecule has 0 saturated carbocycles. The smallest absolute Gasteiger partial charge is 0.323 e. The number of halogens is 3. The van der Waals surface area contributed by atoms with Crippen LogP contribution in [0.3, 0.4) is 0 Å². The SMILES string of the molecule is Cc1cc(NC(=O)CN2CSCC2=O)n(-c2ccccc2C(F)(F)F)n1. The average molecular weight is 384 g/mol. The van der Waals surface area contributed by atoms with Crippen molar-refractivity contribution < 1.29 is 22.8 Å². The van der Waals surface area contributed by atoms with Gasteiger partial charge in [0.1, 0.15) is 12.4 Å². The molecule has 2 heterocycles. The second-order valence-corrected chi connectivity index (χ2v) is 6.67. The molecule has 26 heavy (non-hydrogen) atoms. The van der Waals surface area contributed by atoms with Gasteiger partial charge in [-0.05, 0) is 19.1 Å². The number of carbonyl (C=O) groups is 2. The standard InChI is InChI=1S/C16H15F3N4O2S/c1-10-6-13(20-14(24)7-22-9-26-8-15(22)25)23(21-10)12-5-3-2-4-11(12)16(17,18)19/h2-6H,7-9H2,1H3,(H,20,24). The third-order valence-corrected chi connectivity index (χ3v) is 4.64. The van der Waals surface area contributed by atoms with E-state index >= 15 is 0 Å². The monoisotopic (exact) mass is 384 g/mol. The number of hydrogen-bond donors (Lipinski definition) is 1. The molecule has 1 aromatic carbocycles. The van der Waals surface area contributed by atoms with Crippen molar-refractivity contribution in [2.45, 2.75) is 13.1 Å². The third-order valence-electron chi connectivity index (χ3n) is 3.70. The zero-order valence-corrected chi connectivity index (χ0v) is 14.5. The van der Waals surface area contributed by atoms with E-state index in [4.69, 9.17) is 0 Å². The van der Waals surface area contributed by atoms with E-state index in [9.17, 15) is 22.8 Å². The van der Waals surface area contributed by atoms with Gasteiger partial charge in [0.15, 0.2) is 0 Å². The van der Waals surface area contributed by atoms with Crippen LogP contribution in [0.15, 0.2) is 30.3 Å². The Bertz CT molecular complexity index is 850. The number of nitrogens with zero attached hydrogens (tertiary/aromatic N) is 3. The molecule has 2 amide bonds. The summed E-state index contributed by atoms with van der Waals surface area (Å²) in [6.45, 7) is 1.46. The molecule has 1 aromatic heterocycles. The molecule has 0 atom stereocenters. The molecule has 10 heteroatoms. The van der Waals surface area contributed by atoms with Crippen molar-refractivity contribution in [3.05, 3.63) is 41.6 Å². The van der Waals surface area contributed by atoms with Gasteiger partial charge in [0.05, 0.1) is 28.6 Å². The minimum Gasteiger partial charge on any atom is -0.323 e. The second kappa shape index (κ2) is 7.02. The van der Waals surface area contributed by atoms with E-state index in [2.05, 4.69) is 10.4 Å². The van der Waals surface area contributed by atoms with Crippen LogP contribution in [-0.4, -0.2) is 44.7 Å². The number of anilines is 1. The van der Waals surface area contributed by atoms with Crippen LogP contribution in [-0.2, 0) is 15.8 Å². The Morgan fingerprint density at radius 1 is 1.35 bits per heavy atom. The number of amides is 2. The lowest BCUT2D eigenvalue weighted by molar-refractivity contribution is -0.137. The Morgan fingerprint density at radius 3 is 2.73 bits per heavy atom. The summed E-state index contributed by atoms with van der Waals surface area (Å²) in [5.41, 5.74) is -0.592. The quantitative estimate of drug-likeness (QED) is 0.880. The van der Waals surface area contributed by atoms with Crippen LogP contribution in [0, 0.1) is 6.92 Å². The van der Waals surface area contributed by atoms with Gasteiger partial charge in [-0.15, -0.1) is 11.8 Å². The van der Waals surface area contributed by atoms with Crippen molar-refractivity contribution in [3.63, 3.8) is 0 Å². The summed E-state index contributed by atoms with van der Waals surface area (Å²) in [6.07, 6.45) is -4.56. The van der Waals surface area contributed by atoms with Gasteiger partial charge >= 0.3 is 6.18 Å². The highest BCUT2D eigenvalue weighted by molar-refractivity contribution is 8.00. The van der Waals surface area contributed by atoms with Gasteiger partial charge in [0, 0.05) is 6.07 Å². The first kappa shape index (κ1) is 18.3. The first-order chi connectivity index (χ1) is 12.3. The highest BCUT2D eigenvalue weighted by atomic mass is 32.2. The van der Waals surface area contributed by atoms with Crippen molar-refractivity contribution in [3.8, 4) is 5.69 Å². The summed E-state index contributed by atoms with van der Waals surface area (Å²) < 4.78 is 40.9. The number of thioether (sulfide) groups is 1. The highest BCUT2D eigenvalue weighted by Gasteiger charge is 2.34. The molecule has 2 aromatic rings. The topological polar surface area (TPSA) is 67.2 Å². The van der Waals surface area contributed by atoms with Crippen molar-refractivity contribution in [2.75, 3.05) is 23.5 Å². The van der Waals surface area contributed by atoms with Crippen LogP contribution < -0.4 is 5.32 Å². The number of carbonyl (C=O) groups excluding carboxylic acids is 2. The average Bonchev–Trinajstić information content (AvgIpc) is 3.12. The second-order valence-electron chi connectivity index (χ2n) is 5.72. The van der Waals surface area contributed by atoms with E-state index in [0.29, 0.717) is 17.3 Å². The number of aromatic nitrogens is 2. The molecule has 1 fully saturated rings. The number of rotatable bonds is 4. The molecule has 0 aliphatic carbocycles. The summed E-state index contributed by atoms with van der Waals surface area (Å²) in [5, 5.41) is 6.62. The summed E-state index contributed by atoms with van der Waals surface area (Å²) in [7, 11) is 0. The number of alkyl halides is 3. The van der Waals surface area contributed by atoms with Crippen molar-refractivity contribution in [2.24, 2.45) is 0 Å². The van der Waals surface area contributed by atoms with E-state index in [1.54, 1.807) is 6.92 Å². The molecular weight excluding hydrogens is 369 g/mol. The number of aryl methyl sites for hydroxylation is 1. The van der Waals surface area contributed by atoms with Gasteiger partial charge in [-0.3, -0.25) is 9.59 Å². The first-order valence-electron chi connectivity index (χ1n) is 7.64. The Labute approximate surface area is 151 Å². The summed E-state index contributed by atoms with van der Waals surface area (Å²) in [5.74, 6) is 0.220. The fraction of sp³-hybridized carbons (Fsp3) is 0.312. The number of benzene rings is 1.